The molecule has 0 aliphatic carbocycles. The van der Waals surface area contributed by atoms with Crippen LogP contribution in [0, 0.1) is 0 Å². The Kier molecular flexibility index (Phi) is 8.87. The Morgan fingerprint density at radius 3 is 1.06 bits per heavy atom. The molecule has 0 radical (unpaired) electrons. The second-order valence-electron chi connectivity index (χ2n) is 16.5. The van der Waals surface area contributed by atoms with Crippen LogP contribution in [0.1, 0.15) is 0 Å². The van der Waals surface area contributed by atoms with Gasteiger partial charge in [-0.25, -0.2) is 0 Å². The van der Waals surface area contributed by atoms with Crippen molar-refractivity contribution < 1.29 is 0 Å². The second kappa shape index (κ2) is 15.2. The average Bonchev–Trinajstić information content (AvgIpc) is 3.88. The Bertz CT molecular complexity index is 3480. The Morgan fingerprint density at radius 2 is 0.587 bits per heavy atom. The van der Waals surface area contributed by atoms with Crippen molar-refractivity contribution in [2.75, 3.05) is 0 Å². The molecule has 12 aromatic rings. The van der Waals surface area contributed by atoms with Crippen LogP contribution in [-0.2, 0) is 0 Å². The smallest absolute Gasteiger partial charge is 0.179 e. The van der Waals surface area contributed by atoms with Gasteiger partial charge in [0, 0.05) is 32.9 Å². The summed E-state index contributed by atoms with van der Waals surface area (Å²) in [5, 5.41) is 10.5. The van der Waals surface area contributed by atoms with E-state index in [9.17, 15) is 0 Å². The molecule has 0 unspecified atom stereocenters. The molecule has 0 aliphatic rings. The molecule has 0 atom stereocenters. The van der Waals surface area contributed by atoms with Crippen LogP contribution in [-0.4, -0.2) is 17.2 Å². The fraction of sp³-hybridized carbons (Fsp3) is 0. The molecule has 63 heavy (non-hydrogen) atoms. The van der Waals surface area contributed by atoms with Gasteiger partial charge >= 0.3 is 0 Å². The van der Waals surface area contributed by atoms with E-state index in [1.165, 1.54) is 92.3 Å². The number of nitrogens with zero attached hydrogens (tertiary/aromatic N) is 2. The van der Waals surface area contributed by atoms with Crippen LogP contribution in [0.5, 0.6) is 0 Å². The molecule has 0 bridgehead atoms. The topological polar surface area (TPSA) is 9.86 Å². The SMILES string of the molecule is c1ccc(-n2c3ccccc3c3cc(-c4ccc(-c5ccc6c(c5)c5ccc([Si](c7ccccc7)(c7ccccc7)c7ccccc7)cc5n6-c5ccccc5)cc4)ccc32)cc1. The van der Waals surface area contributed by atoms with Gasteiger partial charge in [0.05, 0.1) is 22.1 Å². The molecule has 0 fully saturated rings. The first-order chi connectivity index (χ1) is 31.3. The molecule has 0 spiro atoms. The van der Waals surface area contributed by atoms with E-state index in [1.807, 2.05) is 0 Å². The molecule has 2 nitrogen and oxygen atoms in total. The third-order valence-corrected chi connectivity index (χ3v) is 17.8. The fourth-order valence-corrected chi connectivity index (χ4v) is 15.0. The van der Waals surface area contributed by atoms with E-state index in [1.54, 1.807) is 0 Å². The van der Waals surface area contributed by atoms with Crippen LogP contribution < -0.4 is 20.7 Å². The lowest BCUT2D eigenvalue weighted by Crippen LogP contribution is -2.74. The Labute approximate surface area is 368 Å². The van der Waals surface area contributed by atoms with Crippen LogP contribution in [0.25, 0.3) is 77.2 Å². The van der Waals surface area contributed by atoms with Crippen molar-refractivity contribution in [2.45, 2.75) is 0 Å². The third-order valence-electron chi connectivity index (χ3n) is 13.1. The van der Waals surface area contributed by atoms with E-state index < -0.39 is 8.07 Å². The summed E-state index contributed by atoms with van der Waals surface area (Å²) in [6.07, 6.45) is 0. The predicted octanol–water partition coefficient (Wildman–Crippen LogP) is 12.6. The summed E-state index contributed by atoms with van der Waals surface area (Å²) in [5.74, 6) is 0. The Morgan fingerprint density at radius 1 is 0.222 bits per heavy atom. The first-order valence-electron chi connectivity index (χ1n) is 21.8. The zero-order valence-corrected chi connectivity index (χ0v) is 35.6. The van der Waals surface area contributed by atoms with Gasteiger partial charge in [-0.05, 0) is 104 Å². The van der Waals surface area contributed by atoms with Crippen LogP contribution in [0.2, 0.25) is 0 Å². The summed E-state index contributed by atoms with van der Waals surface area (Å²) < 4.78 is 4.84. The molecule has 296 valence electrons. The first kappa shape index (κ1) is 36.8. The first-order valence-corrected chi connectivity index (χ1v) is 23.8. The number of aromatic nitrogens is 2. The highest BCUT2D eigenvalue weighted by atomic mass is 28.3. The zero-order valence-electron chi connectivity index (χ0n) is 34.6. The van der Waals surface area contributed by atoms with Crippen molar-refractivity contribution in [1.82, 2.24) is 9.13 Å². The Balaban J connectivity index is 0.995. The van der Waals surface area contributed by atoms with E-state index in [0.29, 0.717) is 0 Å². The van der Waals surface area contributed by atoms with Crippen molar-refractivity contribution in [1.29, 1.82) is 0 Å². The number of rotatable bonds is 8. The van der Waals surface area contributed by atoms with Gasteiger partial charge in [0.2, 0.25) is 0 Å². The van der Waals surface area contributed by atoms with Gasteiger partial charge in [0.25, 0.3) is 0 Å². The molecule has 0 saturated carbocycles. The van der Waals surface area contributed by atoms with Crippen molar-refractivity contribution in [3.05, 3.63) is 255 Å². The highest BCUT2D eigenvalue weighted by molar-refractivity contribution is 7.20. The largest absolute Gasteiger partial charge is 0.309 e. The number of para-hydroxylation sites is 3. The van der Waals surface area contributed by atoms with E-state index in [-0.39, 0.29) is 0 Å². The maximum Gasteiger partial charge on any atom is 0.179 e. The minimum Gasteiger partial charge on any atom is -0.309 e. The van der Waals surface area contributed by atoms with Crippen molar-refractivity contribution in [3.63, 3.8) is 0 Å². The normalized spacial score (nSPS) is 11.8. The van der Waals surface area contributed by atoms with Crippen molar-refractivity contribution in [2.24, 2.45) is 0 Å². The zero-order chi connectivity index (χ0) is 41.7. The van der Waals surface area contributed by atoms with Gasteiger partial charge in [-0.15, -0.1) is 0 Å². The molecule has 0 N–H and O–H groups in total. The molecular weight excluding hydrogens is 777 g/mol. The molecule has 0 amide bonds. The lowest BCUT2D eigenvalue weighted by Gasteiger charge is -2.34. The summed E-state index contributed by atoms with van der Waals surface area (Å²) in [6, 6.07) is 94.1. The second-order valence-corrected chi connectivity index (χ2v) is 20.3. The van der Waals surface area contributed by atoms with Gasteiger partial charge in [-0.3, -0.25) is 0 Å². The van der Waals surface area contributed by atoms with E-state index in [0.717, 1.165) is 5.69 Å². The lowest BCUT2D eigenvalue weighted by molar-refractivity contribution is 1.18. The summed E-state index contributed by atoms with van der Waals surface area (Å²) in [7, 11) is -2.75. The number of benzene rings is 10. The van der Waals surface area contributed by atoms with E-state index in [2.05, 4.69) is 264 Å². The van der Waals surface area contributed by atoms with Gasteiger partial charge in [-0.2, -0.15) is 0 Å². The van der Waals surface area contributed by atoms with Gasteiger partial charge in [0.15, 0.2) is 8.07 Å². The molecule has 3 heteroatoms. The minimum atomic E-state index is -2.75. The molecular formula is C60H42N2Si. The highest BCUT2D eigenvalue weighted by Crippen LogP contribution is 2.38. The summed E-state index contributed by atoms with van der Waals surface area (Å²) in [5.41, 5.74) is 12.0. The summed E-state index contributed by atoms with van der Waals surface area (Å²) in [4.78, 5) is 0. The average molecular weight is 819 g/mol. The predicted molar refractivity (Wildman–Crippen MR) is 270 cm³/mol. The number of hydrogen-bond acceptors (Lipinski definition) is 0. The van der Waals surface area contributed by atoms with Gasteiger partial charge in [0.1, 0.15) is 0 Å². The summed E-state index contributed by atoms with van der Waals surface area (Å²) in [6.45, 7) is 0. The van der Waals surface area contributed by atoms with Crippen molar-refractivity contribution in [3.8, 4) is 33.6 Å². The fourth-order valence-electron chi connectivity index (χ4n) is 10.2. The van der Waals surface area contributed by atoms with Crippen LogP contribution in [0.3, 0.4) is 0 Å². The molecule has 10 aromatic carbocycles. The molecule has 12 rings (SSSR count). The number of hydrogen-bond donors (Lipinski definition) is 0. The van der Waals surface area contributed by atoms with Crippen LogP contribution in [0.15, 0.2) is 255 Å². The van der Waals surface area contributed by atoms with Crippen LogP contribution in [0.4, 0.5) is 0 Å². The third kappa shape index (κ3) is 6.00. The maximum atomic E-state index is 2.50. The van der Waals surface area contributed by atoms with E-state index in [4.69, 9.17) is 0 Å². The van der Waals surface area contributed by atoms with Crippen molar-refractivity contribution >= 4 is 72.4 Å². The molecule has 0 saturated heterocycles. The van der Waals surface area contributed by atoms with Gasteiger partial charge < -0.3 is 9.13 Å². The highest BCUT2D eigenvalue weighted by Gasteiger charge is 2.41. The lowest BCUT2D eigenvalue weighted by atomic mass is 9.98. The number of fused-ring (bicyclic) bond motifs is 6. The molecule has 2 heterocycles. The quantitative estimate of drug-likeness (QED) is 0.107. The standard InChI is InChI=1S/C60H42N2Si/c1-6-18-47(19-7-1)61-57-29-17-16-28-53(57)55-40-45(34-38-58(55)61)43-30-32-44(33-31-43)46-35-39-59-56(41-46)54-37-36-52(42-60(54)62(59)48-20-8-2-9-21-48)63(49-22-10-3-11-23-49,50-24-12-4-13-25-50)51-26-14-5-15-27-51/h1-42H. The maximum absolute atomic E-state index is 2.75. The van der Waals surface area contributed by atoms with E-state index >= 15 is 0 Å². The Hall–Kier alpha value is -7.98. The molecule has 2 aromatic heterocycles. The summed E-state index contributed by atoms with van der Waals surface area (Å²) >= 11 is 0. The minimum absolute atomic E-state index is 1.15. The van der Waals surface area contributed by atoms with Crippen LogP contribution >= 0.6 is 0 Å². The molecule has 0 aliphatic heterocycles. The van der Waals surface area contributed by atoms with Gasteiger partial charge in [-0.1, -0.05) is 194 Å². The monoisotopic (exact) mass is 818 g/mol.